The van der Waals surface area contributed by atoms with Gasteiger partial charge in [-0.2, -0.15) is 0 Å². The predicted molar refractivity (Wildman–Crippen MR) is 77.1 cm³/mol. The highest BCUT2D eigenvalue weighted by atomic mass is 19.1. The SMILES string of the molecule is O=c1n(-c2coc3c(F)cccc23)c(O)c2n1[C@H]1CC[C@@H]2C1. The number of hydrogen-bond acceptors (Lipinski definition) is 3. The van der Waals surface area contributed by atoms with E-state index in [1.807, 2.05) is 0 Å². The monoisotopic (exact) mass is 300 g/mol. The summed E-state index contributed by atoms with van der Waals surface area (Å²) < 4.78 is 22.0. The number of halogens is 1. The fourth-order valence-corrected chi connectivity index (χ4v) is 4.10. The van der Waals surface area contributed by atoms with Gasteiger partial charge in [0.1, 0.15) is 6.26 Å². The lowest BCUT2D eigenvalue weighted by molar-refractivity contribution is 0.427. The zero-order chi connectivity index (χ0) is 15.0. The Bertz CT molecular complexity index is 981. The quantitative estimate of drug-likeness (QED) is 0.751. The maximum atomic E-state index is 13.8. The molecule has 1 N–H and O–H groups in total. The summed E-state index contributed by atoms with van der Waals surface area (Å²) in [5, 5.41) is 11.0. The highest BCUT2D eigenvalue weighted by Gasteiger charge is 2.43. The molecule has 1 aliphatic heterocycles. The molecule has 0 spiro atoms. The van der Waals surface area contributed by atoms with Gasteiger partial charge in [-0.25, -0.2) is 13.8 Å². The number of furan rings is 1. The van der Waals surface area contributed by atoms with E-state index in [4.69, 9.17) is 4.42 Å². The third kappa shape index (κ3) is 1.26. The Morgan fingerprint density at radius 3 is 3.00 bits per heavy atom. The Morgan fingerprint density at radius 2 is 2.18 bits per heavy atom. The van der Waals surface area contributed by atoms with Crippen LogP contribution in [0.5, 0.6) is 5.88 Å². The summed E-state index contributed by atoms with van der Waals surface area (Å²) in [6.45, 7) is 0. The lowest BCUT2D eigenvalue weighted by Gasteiger charge is -2.11. The van der Waals surface area contributed by atoms with Gasteiger partial charge >= 0.3 is 5.69 Å². The highest BCUT2D eigenvalue weighted by Crippen LogP contribution is 2.51. The Kier molecular flexibility index (Phi) is 2.10. The lowest BCUT2D eigenvalue weighted by atomic mass is 10.1. The molecule has 3 heterocycles. The minimum absolute atomic E-state index is 0.0378. The van der Waals surface area contributed by atoms with Crippen molar-refractivity contribution in [3.8, 4) is 11.6 Å². The molecule has 6 heteroatoms. The van der Waals surface area contributed by atoms with E-state index in [1.165, 1.54) is 16.9 Å². The van der Waals surface area contributed by atoms with Crippen LogP contribution in [0.3, 0.4) is 0 Å². The van der Waals surface area contributed by atoms with Gasteiger partial charge in [0.05, 0.1) is 11.4 Å². The molecule has 1 aliphatic carbocycles. The topological polar surface area (TPSA) is 60.3 Å². The summed E-state index contributed by atoms with van der Waals surface area (Å²) in [5.74, 6) is -0.277. The van der Waals surface area contributed by atoms with E-state index >= 15 is 0 Å². The minimum atomic E-state index is -0.483. The third-order valence-electron chi connectivity index (χ3n) is 5.03. The number of hydrogen-bond donors (Lipinski definition) is 1. The van der Waals surface area contributed by atoms with Crippen LogP contribution in [-0.2, 0) is 0 Å². The molecule has 3 aromatic rings. The van der Waals surface area contributed by atoms with Crippen molar-refractivity contribution in [3.63, 3.8) is 0 Å². The molecule has 1 aromatic carbocycles. The molecule has 0 radical (unpaired) electrons. The van der Waals surface area contributed by atoms with Gasteiger partial charge in [-0.15, -0.1) is 0 Å². The van der Waals surface area contributed by atoms with Crippen molar-refractivity contribution >= 4 is 11.0 Å². The number of imidazole rings is 1. The van der Waals surface area contributed by atoms with Gasteiger partial charge in [0, 0.05) is 17.3 Å². The molecule has 112 valence electrons. The molecule has 0 unspecified atom stereocenters. The first-order valence-electron chi connectivity index (χ1n) is 7.39. The minimum Gasteiger partial charge on any atom is -0.493 e. The second-order valence-electron chi connectivity index (χ2n) is 6.10. The predicted octanol–water partition coefficient (Wildman–Crippen LogP) is 3.05. The molecule has 5 nitrogen and oxygen atoms in total. The van der Waals surface area contributed by atoms with Crippen molar-refractivity contribution < 1.29 is 13.9 Å². The number of benzene rings is 1. The van der Waals surface area contributed by atoms with Gasteiger partial charge in [-0.1, -0.05) is 6.07 Å². The number of aromatic hydroxyl groups is 1. The van der Waals surface area contributed by atoms with Crippen LogP contribution in [0.4, 0.5) is 4.39 Å². The van der Waals surface area contributed by atoms with Gasteiger partial charge < -0.3 is 9.52 Å². The first-order chi connectivity index (χ1) is 10.7. The smallest absolute Gasteiger partial charge is 0.336 e. The molecule has 2 atom stereocenters. The molecule has 0 saturated heterocycles. The summed E-state index contributed by atoms with van der Waals surface area (Å²) in [6, 6.07) is 4.72. The van der Waals surface area contributed by atoms with Gasteiger partial charge in [0.15, 0.2) is 11.4 Å². The number of fused-ring (bicyclic) bond motifs is 6. The van der Waals surface area contributed by atoms with Crippen LogP contribution in [0.2, 0.25) is 0 Å². The Balaban J connectivity index is 1.84. The maximum Gasteiger partial charge on any atom is 0.336 e. The molecule has 1 fully saturated rings. The summed E-state index contributed by atoms with van der Waals surface area (Å²) in [4.78, 5) is 12.7. The van der Waals surface area contributed by atoms with Gasteiger partial charge in [-0.3, -0.25) is 4.57 Å². The van der Waals surface area contributed by atoms with Gasteiger partial charge in [0.2, 0.25) is 5.88 Å². The lowest BCUT2D eigenvalue weighted by Crippen LogP contribution is -2.25. The normalized spacial score (nSPS) is 22.6. The van der Waals surface area contributed by atoms with E-state index in [1.54, 1.807) is 16.7 Å². The van der Waals surface area contributed by atoms with Crippen LogP contribution in [0.25, 0.3) is 16.7 Å². The van der Waals surface area contributed by atoms with E-state index in [0.717, 1.165) is 19.3 Å². The second kappa shape index (κ2) is 3.82. The van der Waals surface area contributed by atoms with Crippen molar-refractivity contribution in [1.29, 1.82) is 0 Å². The van der Waals surface area contributed by atoms with E-state index < -0.39 is 5.82 Å². The first-order valence-corrected chi connectivity index (χ1v) is 7.39. The number of aromatic nitrogens is 2. The number of para-hydroxylation sites is 1. The summed E-state index contributed by atoms with van der Waals surface area (Å²) >= 11 is 0. The largest absolute Gasteiger partial charge is 0.493 e. The van der Waals surface area contributed by atoms with Crippen LogP contribution in [0, 0.1) is 5.82 Å². The molecule has 1 saturated carbocycles. The molecule has 22 heavy (non-hydrogen) atoms. The van der Waals surface area contributed by atoms with Crippen molar-refractivity contribution in [2.45, 2.75) is 31.2 Å². The Morgan fingerprint density at radius 1 is 1.32 bits per heavy atom. The molecule has 2 aromatic heterocycles. The molecule has 2 aliphatic rings. The van der Waals surface area contributed by atoms with Crippen molar-refractivity contribution in [2.75, 3.05) is 0 Å². The van der Waals surface area contributed by atoms with Gasteiger partial charge in [0.25, 0.3) is 0 Å². The van der Waals surface area contributed by atoms with Crippen LogP contribution in [-0.4, -0.2) is 14.2 Å². The Labute approximate surface area is 124 Å². The molecular weight excluding hydrogens is 287 g/mol. The fourth-order valence-electron chi connectivity index (χ4n) is 4.10. The molecule has 2 bridgehead atoms. The third-order valence-corrected chi connectivity index (χ3v) is 5.03. The van der Waals surface area contributed by atoms with Crippen molar-refractivity contribution in [2.24, 2.45) is 0 Å². The first kappa shape index (κ1) is 12.1. The average molecular weight is 300 g/mol. The van der Waals surface area contributed by atoms with Crippen LogP contribution in [0.1, 0.15) is 36.9 Å². The van der Waals surface area contributed by atoms with Crippen LogP contribution < -0.4 is 5.69 Å². The van der Waals surface area contributed by atoms with E-state index in [-0.39, 0.29) is 29.1 Å². The fraction of sp³-hybridized carbons (Fsp3) is 0.312. The highest BCUT2D eigenvalue weighted by molar-refractivity contribution is 5.86. The zero-order valence-corrected chi connectivity index (χ0v) is 11.6. The maximum absolute atomic E-state index is 13.8. The zero-order valence-electron chi connectivity index (χ0n) is 11.6. The summed E-state index contributed by atoms with van der Waals surface area (Å²) in [6.07, 6.45) is 4.23. The van der Waals surface area contributed by atoms with Crippen LogP contribution >= 0.6 is 0 Å². The standard InChI is InChI=1S/C16H13FN2O3/c17-11-3-1-2-10-12(7-22-14(10)11)19-15(20)13-8-4-5-9(6-8)18(13)16(19)21/h1-3,7-9,20H,4-6H2/t8-,9+/m1/s1. The molecule has 5 rings (SSSR count). The van der Waals surface area contributed by atoms with E-state index in [9.17, 15) is 14.3 Å². The van der Waals surface area contributed by atoms with Gasteiger partial charge in [-0.05, 0) is 31.4 Å². The van der Waals surface area contributed by atoms with E-state index in [0.29, 0.717) is 16.8 Å². The van der Waals surface area contributed by atoms with E-state index in [2.05, 4.69) is 0 Å². The Hall–Kier alpha value is -2.50. The second-order valence-corrected chi connectivity index (χ2v) is 6.10. The molecular formula is C16H13FN2O3. The van der Waals surface area contributed by atoms with Crippen molar-refractivity contribution in [1.82, 2.24) is 9.13 Å². The number of rotatable bonds is 1. The summed E-state index contributed by atoms with van der Waals surface area (Å²) in [5.41, 5.74) is 0.926. The summed E-state index contributed by atoms with van der Waals surface area (Å²) in [7, 11) is 0. The van der Waals surface area contributed by atoms with Crippen molar-refractivity contribution in [3.05, 3.63) is 46.5 Å². The average Bonchev–Trinajstić information content (AvgIpc) is 3.23. The van der Waals surface area contributed by atoms with Crippen LogP contribution in [0.15, 0.2) is 33.7 Å². The molecule has 0 amide bonds. The number of nitrogens with zero attached hydrogens (tertiary/aromatic N) is 2.